The number of hydrogen-bond acceptors (Lipinski definition) is 3. The molecule has 138 valence electrons. The van der Waals surface area contributed by atoms with Gasteiger partial charge in [-0.1, -0.05) is 19.3 Å². The van der Waals surface area contributed by atoms with Gasteiger partial charge in [0.1, 0.15) is 5.82 Å². The Morgan fingerprint density at radius 2 is 1.77 bits per heavy atom. The van der Waals surface area contributed by atoms with E-state index in [1.807, 2.05) is 4.90 Å². The van der Waals surface area contributed by atoms with Crippen molar-refractivity contribution in [2.45, 2.75) is 38.5 Å². The maximum absolute atomic E-state index is 13.3. The highest BCUT2D eigenvalue weighted by Gasteiger charge is 2.37. The van der Waals surface area contributed by atoms with Gasteiger partial charge in [0.15, 0.2) is 0 Å². The zero-order valence-electron chi connectivity index (χ0n) is 14.7. The molecule has 0 spiro atoms. The summed E-state index contributed by atoms with van der Waals surface area (Å²) in [5.41, 5.74) is 0.303. The van der Waals surface area contributed by atoms with Crippen LogP contribution in [0.25, 0.3) is 0 Å². The Hall–Kier alpha value is -2.24. The number of nitrogens with zero attached hydrogens (tertiary/aromatic N) is 2. The lowest BCUT2D eigenvalue weighted by atomic mass is 9.75. The summed E-state index contributed by atoms with van der Waals surface area (Å²) in [7, 11) is 0. The van der Waals surface area contributed by atoms with Crippen molar-refractivity contribution in [2.24, 2.45) is 11.8 Å². The predicted molar refractivity (Wildman–Crippen MR) is 93.0 cm³/mol. The van der Waals surface area contributed by atoms with Crippen LogP contribution in [0.4, 0.5) is 4.39 Å². The van der Waals surface area contributed by atoms with Crippen LogP contribution in [0.3, 0.4) is 0 Å². The van der Waals surface area contributed by atoms with Gasteiger partial charge in [0.05, 0.1) is 11.1 Å². The van der Waals surface area contributed by atoms with Crippen LogP contribution in [0, 0.1) is 17.7 Å². The average molecular weight is 358 g/mol. The summed E-state index contributed by atoms with van der Waals surface area (Å²) in [5.74, 6) is -0.148. The molecule has 2 fully saturated rings. The highest BCUT2D eigenvalue weighted by atomic mass is 19.1. The Kier molecular flexibility index (Phi) is 4.51. The highest BCUT2D eigenvalue weighted by Crippen LogP contribution is 2.36. The molecule has 3 aliphatic rings. The number of rotatable bonds is 3. The molecule has 5 nitrogen and oxygen atoms in total. The fourth-order valence-electron chi connectivity index (χ4n) is 4.66. The number of halogens is 1. The molecule has 1 saturated carbocycles. The third kappa shape index (κ3) is 3.02. The molecule has 26 heavy (non-hydrogen) atoms. The maximum Gasteiger partial charge on any atom is 0.261 e. The summed E-state index contributed by atoms with van der Waals surface area (Å²) in [6.45, 7) is 1.63. The first kappa shape index (κ1) is 17.2. The van der Waals surface area contributed by atoms with Gasteiger partial charge >= 0.3 is 0 Å². The van der Waals surface area contributed by atoms with E-state index in [4.69, 9.17) is 0 Å². The highest BCUT2D eigenvalue weighted by molar-refractivity contribution is 6.21. The molecule has 1 aliphatic carbocycles. The number of benzene rings is 1. The topological polar surface area (TPSA) is 57.7 Å². The molecule has 3 amide bonds. The molecule has 1 saturated heterocycles. The standard InChI is InChI=1S/C20H23FN2O3/c21-15-5-6-16-17(11-15)20(26)23(19(16)25)10-8-18(24)22-9-7-13-3-1-2-4-14(13)12-22/h5-6,11,13-14H,1-4,7-10,12H2. The number of amides is 3. The largest absolute Gasteiger partial charge is 0.342 e. The Labute approximate surface area is 152 Å². The molecule has 6 heteroatoms. The number of fused-ring (bicyclic) bond motifs is 2. The van der Waals surface area contributed by atoms with Crippen LogP contribution >= 0.6 is 0 Å². The Morgan fingerprint density at radius 3 is 2.58 bits per heavy atom. The van der Waals surface area contributed by atoms with Gasteiger partial charge < -0.3 is 4.90 Å². The molecular weight excluding hydrogens is 335 g/mol. The van der Waals surface area contributed by atoms with Gasteiger partial charge in [0, 0.05) is 26.1 Å². The van der Waals surface area contributed by atoms with Gasteiger partial charge in [-0.2, -0.15) is 0 Å². The van der Waals surface area contributed by atoms with Crippen molar-refractivity contribution in [3.05, 3.63) is 35.1 Å². The molecule has 0 N–H and O–H groups in total. The Balaban J connectivity index is 1.36. The second kappa shape index (κ2) is 6.82. The van der Waals surface area contributed by atoms with Crippen LogP contribution in [-0.4, -0.2) is 47.2 Å². The second-order valence-corrected chi connectivity index (χ2v) is 7.63. The van der Waals surface area contributed by atoms with E-state index in [2.05, 4.69) is 0 Å². The van der Waals surface area contributed by atoms with Gasteiger partial charge in [-0.15, -0.1) is 0 Å². The molecule has 0 bridgehead atoms. The molecule has 1 aromatic carbocycles. The minimum absolute atomic E-state index is 0.00300. The van der Waals surface area contributed by atoms with Gasteiger partial charge in [-0.05, 0) is 42.9 Å². The summed E-state index contributed by atoms with van der Waals surface area (Å²) in [4.78, 5) is 40.2. The quantitative estimate of drug-likeness (QED) is 0.781. The van der Waals surface area contributed by atoms with Crippen molar-refractivity contribution in [3.8, 4) is 0 Å². The van der Waals surface area contributed by atoms with E-state index in [-0.39, 0.29) is 30.0 Å². The van der Waals surface area contributed by atoms with Gasteiger partial charge in [-0.25, -0.2) is 4.39 Å². The molecule has 4 rings (SSSR count). The number of carbonyl (C=O) groups excluding carboxylic acids is 3. The van der Waals surface area contributed by atoms with Crippen LogP contribution < -0.4 is 0 Å². The first-order chi connectivity index (χ1) is 12.5. The smallest absolute Gasteiger partial charge is 0.261 e. The third-order valence-corrected chi connectivity index (χ3v) is 6.13. The minimum Gasteiger partial charge on any atom is -0.342 e. The summed E-state index contributed by atoms with van der Waals surface area (Å²) < 4.78 is 13.3. The van der Waals surface area contributed by atoms with Crippen molar-refractivity contribution in [3.63, 3.8) is 0 Å². The number of piperidine rings is 1. The summed E-state index contributed by atoms with van der Waals surface area (Å²) in [6.07, 6.45) is 6.20. The van der Waals surface area contributed by atoms with Crippen LogP contribution in [0.15, 0.2) is 18.2 Å². The third-order valence-electron chi connectivity index (χ3n) is 6.13. The van der Waals surface area contributed by atoms with Gasteiger partial charge in [-0.3, -0.25) is 19.3 Å². The fraction of sp³-hybridized carbons (Fsp3) is 0.550. The van der Waals surface area contributed by atoms with Gasteiger partial charge in [0.2, 0.25) is 5.91 Å². The normalized spacial score (nSPS) is 25.3. The lowest BCUT2D eigenvalue weighted by Gasteiger charge is -2.41. The van der Waals surface area contributed by atoms with E-state index in [9.17, 15) is 18.8 Å². The predicted octanol–water partition coefficient (Wildman–Crippen LogP) is 2.85. The molecule has 2 atom stereocenters. The summed E-state index contributed by atoms with van der Waals surface area (Å²) in [6, 6.07) is 3.60. The SMILES string of the molecule is O=C(CCN1C(=O)c2ccc(F)cc2C1=O)N1CCC2CCCCC2C1. The van der Waals surface area contributed by atoms with Crippen molar-refractivity contribution >= 4 is 17.7 Å². The Morgan fingerprint density at radius 1 is 1.04 bits per heavy atom. The van der Waals surface area contributed by atoms with E-state index in [0.717, 1.165) is 36.4 Å². The monoisotopic (exact) mass is 358 g/mol. The minimum atomic E-state index is -0.543. The van der Waals surface area contributed by atoms with Crippen LogP contribution in [-0.2, 0) is 4.79 Å². The molecule has 2 heterocycles. The van der Waals surface area contributed by atoms with Crippen molar-refractivity contribution in [2.75, 3.05) is 19.6 Å². The van der Waals surface area contributed by atoms with Crippen molar-refractivity contribution < 1.29 is 18.8 Å². The van der Waals surface area contributed by atoms with Crippen molar-refractivity contribution in [1.82, 2.24) is 9.80 Å². The molecule has 0 radical (unpaired) electrons. The molecule has 2 unspecified atom stereocenters. The van der Waals surface area contributed by atoms with Gasteiger partial charge in [0.25, 0.3) is 11.8 Å². The molecule has 1 aromatic rings. The van der Waals surface area contributed by atoms with E-state index >= 15 is 0 Å². The molecule has 0 aromatic heterocycles. The van der Waals surface area contributed by atoms with Crippen LogP contribution in [0.5, 0.6) is 0 Å². The van der Waals surface area contributed by atoms with Crippen LogP contribution in [0.2, 0.25) is 0 Å². The number of likely N-dealkylation sites (tertiary alicyclic amines) is 1. The second-order valence-electron chi connectivity index (χ2n) is 7.63. The zero-order chi connectivity index (χ0) is 18.3. The Bertz CT molecular complexity index is 763. The average Bonchev–Trinajstić information content (AvgIpc) is 2.89. The van der Waals surface area contributed by atoms with E-state index in [1.54, 1.807) is 0 Å². The first-order valence-electron chi connectivity index (χ1n) is 9.48. The number of carbonyl (C=O) groups is 3. The molecular formula is C20H23FN2O3. The fourth-order valence-corrected chi connectivity index (χ4v) is 4.66. The van der Waals surface area contributed by atoms with E-state index < -0.39 is 17.6 Å². The van der Waals surface area contributed by atoms with Crippen molar-refractivity contribution in [1.29, 1.82) is 0 Å². The molecule has 2 aliphatic heterocycles. The summed E-state index contributed by atoms with van der Waals surface area (Å²) >= 11 is 0. The lowest BCUT2D eigenvalue weighted by Crippen LogP contribution is -2.45. The first-order valence-corrected chi connectivity index (χ1v) is 9.48. The van der Waals surface area contributed by atoms with E-state index in [0.29, 0.717) is 5.92 Å². The maximum atomic E-state index is 13.3. The number of hydrogen-bond donors (Lipinski definition) is 0. The summed E-state index contributed by atoms with van der Waals surface area (Å²) in [5, 5.41) is 0. The van der Waals surface area contributed by atoms with E-state index in [1.165, 1.54) is 37.8 Å². The lowest BCUT2D eigenvalue weighted by molar-refractivity contribution is -0.134. The number of imide groups is 1. The van der Waals surface area contributed by atoms with Crippen LogP contribution in [0.1, 0.15) is 59.2 Å². The zero-order valence-corrected chi connectivity index (χ0v) is 14.7.